The van der Waals surface area contributed by atoms with Gasteiger partial charge in [0.25, 0.3) is 0 Å². The molecule has 0 spiro atoms. The maximum absolute atomic E-state index is 4.58. The van der Waals surface area contributed by atoms with E-state index < -0.39 is 0 Å². The Balaban J connectivity index is 2.71. The molecule has 0 fully saturated rings. The molecule has 0 saturated carbocycles. The molecule has 68 valence electrons. The second-order valence-corrected chi connectivity index (χ2v) is 4.18. The topological polar surface area (TPSA) is 16.2 Å². The van der Waals surface area contributed by atoms with Crippen LogP contribution in [0.1, 0.15) is 26.3 Å². The molecule has 2 nitrogen and oxygen atoms in total. The highest BCUT2D eigenvalue weighted by Gasteiger charge is 2.39. The van der Waals surface area contributed by atoms with Crippen molar-refractivity contribution in [2.45, 2.75) is 26.2 Å². The molecule has 0 aliphatic carbocycles. The average Bonchev–Trinajstić information content (AvgIpc) is 2.28. The van der Waals surface area contributed by atoms with Gasteiger partial charge in [0.2, 0.25) is 0 Å². The van der Waals surface area contributed by atoms with Crippen LogP contribution in [0.15, 0.2) is 23.3 Å². The van der Waals surface area contributed by atoms with Crippen LogP contribution in [0.2, 0.25) is 0 Å². The molecule has 0 N–H and O–H groups in total. The summed E-state index contributed by atoms with van der Waals surface area (Å²) in [5.74, 6) is 1.10. The molecule has 0 saturated heterocycles. The highest BCUT2D eigenvalue weighted by molar-refractivity contribution is 5.98. The molecule has 13 heavy (non-hydrogen) atoms. The highest BCUT2D eigenvalue weighted by Crippen LogP contribution is 2.36. The van der Waals surface area contributed by atoms with E-state index in [0.717, 1.165) is 5.82 Å². The minimum atomic E-state index is 0.106. The van der Waals surface area contributed by atoms with Crippen LogP contribution in [0.5, 0.6) is 0 Å². The zero-order chi connectivity index (χ0) is 9.64. The maximum atomic E-state index is 4.58. The summed E-state index contributed by atoms with van der Waals surface area (Å²) < 4.78 is 2.08. The summed E-state index contributed by atoms with van der Waals surface area (Å²) in [6.07, 6.45) is 2.04. The van der Waals surface area contributed by atoms with E-state index in [1.165, 1.54) is 11.3 Å². The number of hydrogen-bond acceptors (Lipinski definition) is 1. The fourth-order valence-electron chi connectivity index (χ4n) is 1.72. The van der Waals surface area contributed by atoms with Crippen LogP contribution in [-0.2, 0) is 12.5 Å². The Labute approximate surface area is 78.9 Å². The van der Waals surface area contributed by atoms with Crippen molar-refractivity contribution < 1.29 is 4.57 Å². The molecule has 0 unspecified atom stereocenters. The largest absolute Gasteiger partial charge is 0.326 e. The summed E-state index contributed by atoms with van der Waals surface area (Å²) in [4.78, 5) is 4.58. The Hall–Kier alpha value is -1.18. The molecule has 1 aliphatic heterocycles. The molecule has 1 aliphatic rings. The van der Waals surface area contributed by atoms with Gasteiger partial charge >= 0.3 is 5.82 Å². The van der Waals surface area contributed by atoms with Crippen LogP contribution < -0.4 is 4.57 Å². The van der Waals surface area contributed by atoms with E-state index in [0.29, 0.717) is 0 Å². The van der Waals surface area contributed by atoms with Gasteiger partial charge in [-0.25, -0.2) is 4.57 Å². The third-order valence-corrected chi connectivity index (χ3v) is 3.00. The molecule has 0 radical (unpaired) electrons. The van der Waals surface area contributed by atoms with Crippen molar-refractivity contribution >= 4 is 11.5 Å². The quantitative estimate of drug-likeness (QED) is 0.535. The summed E-state index contributed by atoms with van der Waals surface area (Å²) >= 11 is 0. The van der Waals surface area contributed by atoms with E-state index in [1.807, 2.05) is 13.2 Å². The molecular formula is C11H15N2+. The third kappa shape index (κ3) is 1.01. The number of nitrogens with zero attached hydrogens (tertiary/aromatic N) is 2. The third-order valence-electron chi connectivity index (χ3n) is 3.00. The average molecular weight is 175 g/mol. The molecule has 1 aromatic heterocycles. The van der Waals surface area contributed by atoms with Gasteiger partial charge < -0.3 is 0 Å². The van der Waals surface area contributed by atoms with Crippen LogP contribution in [0, 0.1) is 0 Å². The van der Waals surface area contributed by atoms with Crippen LogP contribution in [-0.4, -0.2) is 5.71 Å². The predicted molar refractivity (Wildman–Crippen MR) is 53.4 cm³/mol. The van der Waals surface area contributed by atoms with Gasteiger partial charge in [0.15, 0.2) is 0 Å². The number of hydrogen-bond donors (Lipinski definition) is 0. The summed E-state index contributed by atoms with van der Waals surface area (Å²) in [5.41, 5.74) is 2.63. The van der Waals surface area contributed by atoms with Gasteiger partial charge in [0.05, 0.1) is 24.2 Å². The van der Waals surface area contributed by atoms with Gasteiger partial charge in [0, 0.05) is 0 Å². The van der Waals surface area contributed by atoms with Crippen molar-refractivity contribution in [3.8, 4) is 0 Å². The summed E-state index contributed by atoms with van der Waals surface area (Å²) in [7, 11) is 2.04. The molecule has 1 aromatic rings. The van der Waals surface area contributed by atoms with Gasteiger partial charge in [-0.2, -0.15) is 0 Å². The Morgan fingerprint density at radius 1 is 1.38 bits per heavy atom. The van der Waals surface area contributed by atoms with E-state index in [1.54, 1.807) is 0 Å². The van der Waals surface area contributed by atoms with Crippen LogP contribution in [0.4, 0.5) is 5.82 Å². The van der Waals surface area contributed by atoms with Crippen molar-refractivity contribution in [3.05, 3.63) is 23.9 Å². The monoisotopic (exact) mass is 175 g/mol. The smallest absolute Gasteiger partial charge is 0.233 e. The van der Waals surface area contributed by atoms with Gasteiger partial charge in [0.1, 0.15) is 5.71 Å². The summed E-state index contributed by atoms with van der Waals surface area (Å²) in [6.45, 7) is 6.54. The molecule has 2 heterocycles. The lowest BCUT2D eigenvalue weighted by Crippen LogP contribution is -2.29. The summed E-state index contributed by atoms with van der Waals surface area (Å²) in [6, 6.07) is 4.24. The Morgan fingerprint density at radius 3 is 2.69 bits per heavy atom. The number of aryl methyl sites for hydroxylation is 1. The molecule has 0 amide bonds. The van der Waals surface area contributed by atoms with E-state index >= 15 is 0 Å². The summed E-state index contributed by atoms with van der Waals surface area (Å²) in [5, 5.41) is 0. The molecular weight excluding hydrogens is 160 g/mol. The molecule has 0 aromatic carbocycles. The first-order chi connectivity index (χ1) is 6.03. The fourth-order valence-corrected chi connectivity index (χ4v) is 1.72. The van der Waals surface area contributed by atoms with Crippen LogP contribution in [0.3, 0.4) is 0 Å². The second kappa shape index (κ2) is 2.41. The first-order valence-electron chi connectivity index (χ1n) is 4.58. The first-order valence-corrected chi connectivity index (χ1v) is 4.58. The molecule has 2 heteroatoms. The Morgan fingerprint density at radius 2 is 2.08 bits per heavy atom. The predicted octanol–water partition coefficient (Wildman–Crippen LogP) is 1.89. The van der Waals surface area contributed by atoms with Crippen molar-refractivity contribution in [2.24, 2.45) is 12.0 Å². The number of rotatable bonds is 0. The second-order valence-electron chi connectivity index (χ2n) is 4.18. The molecule has 0 atom stereocenters. The van der Waals surface area contributed by atoms with E-state index in [2.05, 4.69) is 42.5 Å². The van der Waals surface area contributed by atoms with Crippen molar-refractivity contribution in [1.29, 1.82) is 0 Å². The lowest BCUT2D eigenvalue weighted by molar-refractivity contribution is -0.658. The minimum Gasteiger partial charge on any atom is -0.233 e. The van der Waals surface area contributed by atoms with E-state index in [4.69, 9.17) is 0 Å². The van der Waals surface area contributed by atoms with Gasteiger partial charge in [-0.1, -0.05) is 0 Å². The molecule has 2 rings (SSSR count). The van der Waals surface area contributed by atoms with Crippen molar-refractivity contribution in [1.82, 2.24) is 0 Å². The number of aromatic nitrogens is 1. The van der Waals surface area contributed by atoms with Crippen molar-refractivity contribution in [3.63, 3.8) is 0 Å². The molecule has 0 bridgehead atoms. The zero-order valence-corrected chi connectivity index (χ0v) is 8.63. The Kier molecular flexibility index (Phi) is 1.56. The van der Waals surface area contributed by atoms with Crippen LogP contribution >= 0.6 is 0 Å². The number of fused-ring (bicyclic) bond motifs is 1. The maximum Gasteiger partial charge on any atom is 0.326 e. The minimum absolute atomic E-state index is 0.106. The van der Waals surface area contributed by atoms with E-state index in [-0.39, 0.29) is 5.41 Å². The van der Waals surface area contributed by atoms with Gasteiger partial charge in [-0.05, 0) is 37.9 Å². The lowest BCUT2D eigenvalue weighted by Gasteiger charge is -2.15. The lowest BCUT2D eigenvalue weighted by atomic mass is 9.83. The highest BCUT2D eigenvalue weighted by atomic mass is 15.1. The fraction of sp³-hybridized carbons (Fsp3) is 0.455. The van der Waals surface area contributed by atoms with E-state index in [9.17, 15) is 0 Å². The SMILES string of the molecule is CC1=Nc2c(ccc[n+]2C)C1(C)C. The van der Waals surface area contributed by atoms with Gasteiger partial charge in [-0.3, -0.25) is 0 Å². The van der Waals surface area contributed by atoms with Gasteiger partial charge in [-0.15, -0.1) is 0 Å². The Bertz CT molecular complexity index is 389. The van der Waals surface area contributed by atoms with Crippen molar-refractivity contribution in [2.75, 3.05) is 0 Å². The van der Waals surface area contributed by atoms with Crippen LogP contribution in [0.25, 0.3) is 0 Å². The normalized spacial score (nSPS) is 18.3. The zero-order valence-electron chi connectivity index (χ0n) is 8.63. The number of aliphatic imine (C=N–C) groups is 1. The first kappa shape index (κ1) is 8.42. The number of pyridine rings is 1. The standard InChI is InChI=1S/C11H15N2/c1-8-11(2,3)9-6-5-7-13(4)10(9)12-8/h5-7H,1-4H3/q+1.